The van der Waals surface area contributed by atoms with E-state index in [2.05, 4.69) is 9.88 Å². The smallest absolute Gasteiger partial charge is 0.283 e. The Labute approximate surface area is 191 Å². The molecule has 166 valence electrons. The topological polar surface area (TPSA) is 96.6 Å². The van der Waals surface area contributed by atoms with Crippen LogP contribution in [0.15, 0.2) is 82.8 Å². The fourth-order valence-electron chi connectivity index (χ4n) is 3.55. The molecule has 10 heteroatoms. The summed E-state index contributed by atoms with van der Waals surface area (Å²) in [6, 6.07) is 19.6. The normalized spacial score (nSPS) is 14.9. The molecule has 0 spiro atoms. The molecular formula is C22H22N4O4S2. The Hall–Kier alpha value is -2.95. The van der Waals surface area contributed by atoms with E-state index in [9.17, 15) is 18.5 Å². The third kappa shape index (κ3) is 5.26. The van der Waals surface area contributed by atoms with Gasteiger partial charge in [-0.2, -0.15) is 4.31 Å². The van der Waals surface area contributed by atoms with Crippen LogP contribution >= 0.6 is 11.8 Å². The third-order valence-electron chi connectivity index (χ3n) is 5.18. The van der Waals surface area contributed by atoms with E-state index in [1.807, 2.05) is 36.4 Å². The number of anilines is 1. The Balaban J connectivity index is 1.47. The number of pyridine rings is 1. The predicted octanol–water partition coefficient (Wildman–Crippen LogP) is 3.79. The van der Waals surface area contributed by atoms with Gasteiger partial charge in [0, 0.05) is 44.1 Å². The first-order chi connectivity index (χ1) is 15.4. The van der Waals surface area contributed by atoms with Crippen molar-refractivity contribution >= 4 is 33.2 Å². The number of aromatic nitrogens is 1. The molecule has 8 nitrogen and oxygen atoms in total. The third-order valence-corrected chi connectivity index (χ3v) is 8.03. The van der Waals surface area contributed by atoms with Crippen molar-refractivity contribution in [2.75, 3.05) is 31.1 Å². The molecule has 1 aliphatic rings. The zero-order valence-corrected chi connectivity index (χ0v) is 18.8. The number of hydrogen-bond donors (Lipinski definition) is 0. The van der Waals surface area contributed by atoms with Gasteiger partial charge in [0.25, 0.3) is 5.69 Å². The summed E-state index contributed by atoms with van der Waals surface area (Å²) in [5, 5.41) is 12.2. The van der Waals surface area contributed by atoms with Crippen molar-refractivity contribution in [3.05, 3.63) is 88.6 Å². The molecule has 0 saturated carbocycles. The maximum atomic E-state index is 12.8. The monoisotopic (exact) mass is 470 g/mol. The minimum atomic E-state index is -3.40. The lowest BCUT2D eigenvalue weighted by Crippen LogP contribution is -2.49. The number of hydrogen-bond acceptors (Lipinski definition) is 7. The standard InChI is InChI=1S/C22H22N4O4S2/c27-26(28)20-10-9-19(16-21(20)31-22-8-4-5-11-23-22)24-12-14-25(15-13-24)32(29,30)17-18-6-2-1-3-7-18/h1-11,16H,12-15,17H2. The number of benzene rings is 2. The fraction of sp³-hybridized carbons (Fsp3) is 0.227. The maximum absolute atomic E-state index is 12.8. The van der Waals surface area contributed by atoms with Gasteiger partial charge < -0.3 is 4.90 Å². The molecule has 1 saturated heterocycles. The second kappa shape index (κ2) is 9.68. The first-order valence-electron chi connectivity index (χ1n) is 10.1. The van der Waals surface area contributed by atoms with Gasteiger partial charge in [-0.1, -0.05) is 48.2 Å². The van der Waals surface area contributed by atoms with Crippen LogP contribution in [0.5, 0.6) is 0 Å². The van der Waals surface area contributed by atoms with Crippen molar-refractivity contribution in [2.24, 2.45) is 0 Å². The van der Waals surface area contributed by atoms with E-state index in [1.54, 1.807) is 30.5 Å². The van der Waals surface area contributed by atoms with Crippen LogP contribution < -0.4 is 4.90 Å². The van der Waals surface area contributed by atoms with Gasteiger partial charge in [-0.05, 0) is 29.8 Å². The zero-order chi connectivity index (χ0) is 22.6. The molecular weight excluding hydrogens is 448 g/mol. The summed E-state index contributed by atoms with van der Waals surface area (Å²) in [7, 11) is -3.40. The van der Waals surface area contributed by atoms with E-state index in [4.69, 9.17) is 0 Å². The van der Waals surface area contributed by atoms with Crippen molar-refractivity contribution in [3.8, 4) is 0 Å². The molecule has 4 rings (SSSR count). The summed E-state index contributed by atoms with van der Waals surface area (Å²) in [6.45, 7) is 1.77. The van der Waals surface area contributed by atoms with Gasteiger partial charge in [0.15, 0.2) is 0 Å². The van der Waals surface area contributed by atoms with Gasteiger partial charge in [-0.3, -0.25) is 10.1 Å². The fourth-order valence-corrected chi connectivity index (χ4v) is 5.98. The van der Waals surface area contributed by atoms with E-state index in [1.165, 1.54) is 22.1 Å². The largest absolute Gasteiger partial charge is 0.369 e. The lowest BCUT2D eigenvalue weighted by molar-refractivity contribution is -0.387. The highest BCUT2D eigenvalue weighted by Gasteiger charge is 2.28. The van der Waals surface area contributed by atoms with Crippen LogP contribution in [0.1, 0.15) is 5.56 Å². The quantitative estimate of drug-likeness (QED) is 0.383. The van der Waals surface area contributed by atoms with Crippen LogP contribution in [0.4, 0.5) is 11.4 Å². The molecule has 1 fully saturated rings. The Bertz CT molecular complexity index is 1180. The lowest BCUT2D eigenvalue weighted by atomic mass is 10.2. The van der Waals surface area contributed by atoms with Crippen LogP contribution in [0.2, 0.25) is 0 Å². The summed E-state index contributed by atoms with van der Waals surface area (Å²) in [6.07, 6.45) is 1.65. The summed E-state index contributed by atoms with van der Waals surface area (Å²) in [5.41, 5.74) is 1.61. The summed E-state index contributed by atoms with van der Waals surface area (Å²) >= 11 is 1.24. The average Bonchev–Trinajstić information content (AvgIpc) is 2.80. The molecule has 0 amide bonds. The van der Waals surface area contributed by atoms with Crippen LogP contribution in [0.25, 0.3) is 0 Å². The van der Waals surface area contributed by atoms with Crippen LogP contribution in [-0.2, 0) is 15.8 Å². The van der Waals surface area contributed by atoms with E-state index >= 15 is 0 Å². The molecule has 0 unspecified atom stereocenters. The van der Waals surface area contributed by atoms with Gasteiger partial charge in [0.2, 0.25) is 10.0 Å². The van der Waals surface area contributed by atoms with Crippen molar-refractivity contribution < 1.29 is 13.3 Å². The molecule has 32 heavy (non-hydrogen) atoms. The van der Waals surface area contributed by atoms with E-state index in [-0.39, 0.29) is 11.4 Å². The zero-order valence-electron chi connectivity index (χ0n) is 17.2. The molecule has 1 aliphatic heterocycles. The maximum Gasteiger partial charge on any atom is 0.283 e. The van der Waals surface area contributed by atoms with E-state index in [0.29, 0.717) is 36.1 Å². The number of nitro groups is 1. The Morgan fingerprint density at radius 3 is 2.34 bits per heavy atom. The minimum Gasteiger partial charge on any atom is -0.369 e. The van der Waals surface area contributed by atoms with Crippen molar-refractivity contribution in [1.29, 1.82) is 0 Å². The summed E-state index contributed by atoms with van der Waals surface area (Å²) in [5.74, 6) is -0.0176. The van der Waals surface area contributed by atoms with Crippen molar-refractivity contribution in [3.63, 3.8) is 0 Å². The van der Waals surface area contributed by atoms with Crippen molar-refractivity contribution in [2.45, 2.75) is 15.7 Å². The van der Waals surface area contributed by atoms with Crippen LogP contribution in [0, 0.1) is 10.1 Å². The van der Waals surface area contributed by atoms with E-state index < -0.39 is 14.9 Å². The van der Waals surface area contributed by atoms with Crippen molar-refractivity contribution in [1.82, 2.24) is 9.29 Å². The molecule has 1 aromatic heterocycles. The highest BCUT2D eigenvalue weighted by Crippen LogP contribution is 2.36. The number of piperazine rings is 1. The van der Waals surface area contributed by atoms with Gasteiger partial charge >= 0.3 is 0 Å². The van der Waals surface area contributed by atoms with Gasteiger partial charge in [-0.15, -0.1) is 0 Å². The second-order valence-electron chi connectivity index (χ2n) is 7.31. The van der Waals surface area contributed by atoms with Crippen LogP contribution in [-0.4, -0.2) is 48.8 Å². The van der Waals surface area contributed by atoms with Gasteiger partial charge in [-0.25, -0.2) is 13.4 Å². The van der Waals surface area contributed by atoms with Crippen LogP contribution in [0.3, 0.4) is 0 Å². The molecule has 0 aliphatic carbocycles. The Morgan fingerprint density at radius 2 is 1.69 bits per heavy atom. The number of sulfonamides is 1. The molecule has 2 heterocycles. The first kappa shape index (κ1) is 22.3. The number of rotatable bonds is 7. The Morgan fingerprint density at radius 1 is 0.969 bits per heavy atom. The molecule has 0 radical (unpaired) electrons. The van der Waals surface area contributed by atoms with Gasteiger partial charge in [0.1, 0.15) is 5.03 Å². The number of nitro benzene ring substituents is 1. The molecule has 0 N–H and O–H groups in total. The predicted molar refractivity (Wildman–Crippen MR) is 124 cm³/mol. The lowest BCUT2D eigenvalue weighted by Gasteiger charge is -2.35. The summed E-state index contributed by atoms with van der Waals surface area (Å²) in [4.78, 5) is 17.9. The van der Waals surface area contributed by atoms with Gasteiger partial charge in [0.05, 0.1) is 15.6 Å². The highest BCUT2D eigenvalue weighted by atomic mass is 32.2. The Kier molecular flexibility index (Phi) is 6.73. The second-order valence-corrected chi connectivity index (χ2v) is 10.3. The van der Waals surface area contributed by atoms with E-state index in [0.717, 1.165) is 11.3 Å². The first-order valence-corrected chi connectivity index (χ1v) is 12.5. The molecule has 3 aromatic rings. The SMILES string of the molecule is O=[N+]([O-])c1ccc(N2CCN(S(=O)(=O)Cc3ccccc3)CC2)cc1Sc1ccccn1. The molecule has 0 bridgehead atoms. The highest BCUT2D eigenvalue weighted by molar-refractivity contribution is 7.99. The molecule has 2 aromatic carbocycles. The minimum absolute atomic E-state index is 0.0176. The average molecular weight is 471 g/mol. The summed E-state index contributed by atoms with van der Waals surface area (Å²) < 4.78 is 27.1. The number of nitrogens with zero attached hydrogens (tertiary/aromatic N) is 4. The molecule has 0 atom stereocenters.